The lowest BCUT2D eigenvalue weighted by Gasteiger charge is -2.22. The highest BCUT2D eigenvalue weighted by atomic mass is 16.5. The predicted molar refractivity (Wildman–Crippen MR) is 78.0 cm³/mol. The predicted octanol–water partition coefficient (Wildman–Crippen LogP) is 4.38. The van der Waals surface area contributed by atoms with Crippen molar-refractivity contribution in [1.29, 1.82) is 0 Å². The first-order chi connectivity index (χ1) is 8.98. The largest absolute Gasteiger partial charge is 0.488 e. The summed E-state index contributed by atoms with van der Waals surface area (Å²) in [6, 6.07) is 7.52. The van der Waals surface area contributed by atoms with Crippen LogP contribution in [0.2, 0.25) is 0 Å². The van der Waals surface area contributed by atoms with Gasteiger partial charge < -0.3 is 4.74 Å². The molecule has 1 aliphatic rings. The zero-order valence-corrected chi connectivity index (χ0v) is 11.8. The molecule has 1 aliphatic carbocycles. The molecule has 0 amide bonds. The minimum atomic E-state index is -0.170. The topological polar surface area (TPSA) is 26.3 Å². The van der Waals surface area contributed by atoms with Gasteiger partial charge in [-0.1, -0.05) is 30.3 Å². The first-order valence-electron chi connectivity index (χ1n) is 6.62. The molecule has 0 unspecified atom stereocenters. The van der Waals surface area contributed by atoms with E-state index in [0.717, 1.165) is 30.5 Å². The maximum Gasteiger partial charge on any atom is 0.150 e. The molecule has 0 aliphatic heterocycles. The highest BCUT2D eigenvalue weighted by Crippen LogP contribution is 2.34. The minimum absolute atomic E-state index is 0.170. The van der Waals surface area contributed by atoms with Crippen LogP contribution < -0.4 is 0 Å². The van der Waals surface area contributed by atoms with Crippen LogP contribution in [0.4, 0.5) is 0 Å². The lowest BCUT2D eigenvalue weighted by molar-refractivity contribution is 0.0592. The number of ether oxygens (including phenoxy) is 1. The Labute approximate surface area is 114 Å². The summed E-state index contributed by atoms with van der Waals surface area (Å²) in [7, 11) is 0. The highest BCUT2D eigenvalue weighted by Gasteiger charge is 2.21. The number of aldehydes is 1. The van der Waals surface area contributed by atoms with E-state index in [-0.39, 0.29) is 5.60 Å². The number of hydrogen-bond acceptors (Lipinski definition) is 2. The van der Waals surface area contributed by atoms with Crippen LogP contribution >= 0.6 is 0 Å². The van der Waals surface area contributed by atoms with Crippen molar-refractivity contribution < 1.29 is 9.53 Å². The molecule has 0 bridgehead atoms. The molecule has 2 heteroatoms. The van der Waals surface area contributed by atoms with Gasteiger partial charge in [0, 0.05) is 5.56 Å². The summed E-state index contributed by atoms with van der Waals surface area (Å²) in [6.45, 7) is 6.17. The molecular weight excluding hydrogens is 236 g/mol. The summed E-state index contributed by atoms with van der Waals surface area (Å²) in [4.78, 5) is 10.6. The molecule has 0 N–H and O–H groups in total. The molecule has 100 valence electrons. The molecule has 0 aromatic heterocycles. The van der Waals surface area contributed by atoms with Gasteiger partial charge in [0.2, 0.25) is 0 Å². The van der Waals surface area contributed by atoms with Crippen LogP contribution in [-0.2, 0) is 4.74 Å². The van der Waals surface area contributed by atoms with Crippen molar-refractivity contribution in [1.82, 2.24) is 0 Å². The lowest BCUT2D eigenvalue weighted by Crippen LogP contribution is -2.18. The van der Waals surface area contributed by atoms with Crippen LogP contribution in [0.5, 0.6) is 0 Å². The quantitative estimate of drug-likeness (QED) is 0.590. The minimum Gasteiger partial charge on any atom is -0.488 e. The van der Waals surface area contributed by atoms with E-state index in [9.17, 15) is 4.79 Å². The summed E-state index contributed by atoms with van der Waals surface area (Å²) >= 11 is 0. The van der Waals surface area contributed by atoms with Crippen LogP contribution in [0.1, 0.15) is 49.5 Å². The van der Waals surface area contributed by atoms with Gasteiger partial charge in [0.15, 0.2) is 0 Å². The number of hydrogen-bond donors (Lipinski definition) is 0. The smallest absolute Gasteiger partial charge is 0.150 e. The van der Waals surface area contributed by atoms with Gasteiger partial charge in [-0.3, -0.25) is 4.79 Å². The maximum atomic E-state index is 10.6. The first kappa shape index (κ1) is 13.6. The van der Waals surface area contributed by atoms with E-state index in [1.807, 2.05) is 36.4 Å². The van der Waals surface area contributed by atoms with Crippen LogP contribution in [0, 0.1) is 0 Å². The van der Waals surface area contributed by atoms with Crippen LogP contribution in [-0.4, -0.2) is 11.9 Å². The first-order valence-corrected chi connectivity index (χ1v) is 6.62. The van der Waals surface area contributed by atoms with Crippen molar-refractivity contribution in [3.05, 3.63) is 52.8 Å². The summed E-state index contributed by atoms with van der Waals surface area (Å²) in [6.07, 6.45) is 7.19. The van der Waals surface area contributed by atoms with Gasteiger partial charge >= 0.3 is 0 Å². The normalized spacial score (nSPS) is 14.6. The summed E-state index contributed by atoms with van der Waals surface area (Å²) < 4.78 is 5.97. The molecule has 0 saturated heterocycles. The molecule has 0 atom stereocenters. The van der Waals surface area contributed by atoms with Crippen molar-refractivity contribution in [2.24, 2.45) is 0 Å². The van der Waals surface area contributed by atoms with Crippen molar-refractivity contribution in [2.75, 3.05) is 0 Å². The van der Waals surface area contributed by atoms with E-state index in [1.165, 1.54) is 5.57 Å². The standard InChI is InChI=1S/C17H20O2/c1-17(2,3)19-16(15-9-10-15)11-8-13-4-6-14(12-18)7-5-13/h4-8,11-12H,9-10H2,1-3H3/b11-8+. The Morgan fingerprint density at radius 2 is 1.68 bits per heavy atom. The summed E-state index contributed by atoms with van der Waals surface area (Å²) in [5, 5.41) is 0. The second-order valence-electron chi connectivity index (χ2n) is 5.80. The number of carbonyl (C=O) groups excluding carboxylic acids is 1. The fourth-order valence-corrected chi connectivity index (χ4v) is 1.72. The number of allylic oxidation sites excluding steroid dienone is 2. The molecule has 2 rings (SSSR count). The molecule has 19 heavy (non-hydrogen) atoms. The van der Waals surface area contributed by atoms with Gasteiger partial charge in [-0.15, -0.1) is 0 Å². The highest BCUT2D eigenvalue weighted by molar-refractivity contribution is 5.75. The van der Waals surface area contributed by atoms with Crippen molar-refractivity contribution in [3.8, 4) is 0 Å². The zero-order valence-electron chi connectivity index (χ0n) is 11.8. The van der Waals surface area contributed by atoms with E-state index < -0.39 is 0 Å². The molecule has 1 fully saturated rings. The average Bonchev–Trinajstić information content (AvgIpc) is 3.18. The third-order valence-electron chi connectivity index (χ3n) is 2.76. The second kappa shape index (κ2) is 5.43. The fraction of sp³-hybridized carbons (Fsp3) is 0.353. The van der Waals surface area contributed by atoms with E-state index in [4.69, 9.17) is 4.74 Å². The van der Waals surface area contributed by atoms with Gasteiger partial charge in [0.25, 0.3) is 0 Å². The molecule has 0 heterocycles. The average molecular weight is 256 g/mol. The van der Waals surface area contributed by atoms with Gasteiger partial charge in [0.1, 0.15) is 17.6 Å². The maximum absolute atomic E-state index is 10.6. The Morgan fingerprint density at radius 3 is 2.16 bits per heavy atom. The van der Waals surface area contributed by atoms with Crippen LogP contribution in [0.25, 0.3) is 6.08 Å². The number of rotatable bonds is 4. The molecule has 0 spiro atoms. The van der Waals surface area contributed by atoms with E-state index in [1.54, 1.807) is 0 Å². The monoisotopic (exact) mass is 256 g/mol. The van der Waals surface area contributed by atoms with E-state index in [0.29, 0.717) is 5.56 Å². The molecule has 1 aromatic rings. The molecule has 0 radical (unpaired) electrons. The number of carbonyl (C=O) groups is 1. The third kappa shape index (κ3) is 4.40. The van der Waals surface area contributed by atoms with E-state index in [2.05, 4.69) is 20.8 Å². The van der Waals surface area contributed by atoms with Crippen LogP contribution in [0.15, 0.2) is 41.7 Å². The Kier molecular flexibility index (Phi) is 3.89. The SMILES string of the molecule is CC(C)(C)OC(/C=C/c1ccc(C=O)cc1)=C1CC1. The van der Waals surface area contributed by atoms with Crippen molar-refractivity contribution in [2.45, 2.75) is 39.2 Å². The van der Waals surface area contributed by atoms with E-state index >= 15 is 0 Å². The Hall–Kier alpha value is -1.83. The van der Waals surface area contributed by atoms with Gasteiger partial charge in [0.05, 0.1) is 0 Å². The fourth-order valence-electron chi connectivity index (χ4n) is 1.72. The number of benzene rings is 1. The summed E-state index contributed by atoms with van der Waals surface area (Å²) in [5.41, 5.74) is 2.98. The lowest BCUT2D eigenvalue weighted by atomic mass is 10.1. The molecule has 2 nitrogen and oxygen atoms in total. The molecule has 1 saturated carbocycles. The Balaban J connectivity index is 2.11. The Bertz CT molecular complexity index is 507. The molecule has 1 aromatic carbocycles. The van der Waals surface area contributed by atoms with Crippen LogP contribution in [0.3, 0.4) is 0 Å². The zero-order chi connectivity index (χ0) is 13.9. The van der Waals surface area contributed by atoms with Gasteiger partial charge in [-0.2, -0.15) is 0 Å². The third-order valence-corrected chi connectivity index (χ3v) is 2.76. The van der Waals surface area contributed by atoms with Crippen molar-refractivity contribution in [3.63, 3.8) is 0 Å². The van der Waals surface area contributed by atoms with Gasteiger partial charge in [-0.25, -0.2) is 0 Å². The summed E-state index contributed by atoms with van der Waals surface area (Å²) in [5.74, 6) is 0.993. The van der Waals surface area contributed by atoms with Gasteiger partial charge in [-0.05, 0) is 50.8 Å². The van der Waals surface area contributed by atoms with Crippen molar-refractivity contribution >= 4 is 12.4 Å². The second-order valence-corrected chi connectivity index (χ2v) is 5.80. The Morgan fingerprint density at radius 1 is 1.11 bits per heavy atom. The molecular formula is C17H20O2.